The predicted molar refractivity (Wildman–Crippen MR) is 93.5 cm³/mol. The van der Waals surface area contributed by atoms with E-state index in [1.54, 1.807) is 0 Å². The van der Waals surface area contributed by atoms with Crippen molar-refractivity contribution in [2.45, 2.75) is 19.5 Å². The molecule has 0 saturated carbocycles. The van der Waals surface area contributed by atoms with Crippen LogP contribution in [-0.4, -0.2) is 68.2 Å². The lowest BCUT2D eigenvalue weighted by Gasteiger charge is -2.26. The number of halogens is 3. The molecular weight excluding hydrogens is 363 g/mol. The van der Waals surface area contributed by atoms with Crippen LogP contribution in [0.25, 0.3) is 0 Å². The molecule has 0 aliphatic carbocycles. The summed E-state index contributed by atoms with van der Waals surface area (Å²) in [5.41, 5.74) is 1.69. The fourth-order valence-corrected chi connectivity index (χ4v) is 3.55. The van der Waals surface area contributed by atoms with Gasteiger partial charge in [0.05, 0.1) is 19.8 Å². The molecule has 2 atom stereocenters. The van der Waals surface area contributed by atoms with Crippen LogP contribution in [0.15, 0.2) is 30.3 Å². The third-order valence-corrected chi connectivity index (χ3v) is 4.99. The van der Waals surface area contributed by atoms with Crippen molar-refractivity contribution >= 4 is 5.97 Å². The summed E-state index contributed by atoms with van der Waals surface area (Å²) in [5.74, 6) is -2.10. The van der Waals surface area contributed by atoms with E-state index in [1.807, 2.05) is 0 Å². The van der Waals surface area contributed by atoms with Gasteiger partial charge in [0.2, 0.25) is 0 Å². The number of carboxylic acids is 1. The SMILES string of the molecule is CCOC[C@]12COC[C@H]1CN(CCc1ccccc1)C2.O=C(O)C(F)(F)F. The van der Waals surface area contributed by atoms with Crippen LogP contribution >= 0.6 is 0 Å². The minimum atomic E-state index is -5.08. The summed E-state index contributed by atoms with van der Waals surface area (Å²) < 4.78 is 43.2. The number of alkyl halides is 3. The third kappa shape index (κ3) is 6.19. The highest BCUT2D eigenvalue weighted by molar-refractivity contribution is 5.73. The number of carboxylic acid groups (broad SMARTS) is 1. The Morgan fingerprint density at radius 1 is 1.37 bits per heavy atom. The van der Waals surface area contributed by atoms with E-state index in [0.29, 0.717) is 5.92 Å². The molecule has 2 fully saturated rings. The van der Waals surface area contributed by atoms with Gasteiger partial charge in [0.25, 0.3) is 0 Å². The van der Waals surface area contributed by atoms with Crippen molar-refractivity contribution in [1.82, 2.24) is 4.90 Å². The van der Waals surface area contributed by atoms with Gasteiger partial charge in [-0.15, -0.1) is 0 Å². The maximum Gasteiger partial charge on any atom is 0.490 e. The zero-order chi connectivity index (χ0) is 19.9. The summed E-state index contributed by atoms with van der Waals surface area (Å²) in [6.07, 6.45) is -3.95. The number of benzene rings is 1. The Bertz CT molecular complexity index is 596. The average Bonchev–Trinajstić information content (AvgIpc) is 3.15. The molecule has 5 nitrogen and oxygen atoms in total. The minimum absolute atomic E-state index is 0.257. The van der Waals surface area contributed by atoms with E-state index < -0.39 is 12.1 Å². The highest BCUT2D eigenvalue weighted by Gasteiger charge is 2.50. The smallest absolute Gasteiger partial charge is 0.475 e. The van der Waals surface area contributed by atoms with Gasteiger partial charge in [-0.2, -0.15) is 13.2 Å². The number of aliphatic carboxylic acids is 1. The molecule has 2 heterocycles. The Kier molecular flexibility index (Phi) is 7.64. The summed E-state index contributed by atoms with van der Waals surface area (Å²) in [5, 5.41) is 7.12. The molecule has 0 amide bonds. The standard InChI is InChI=1S/C17H25NO2.C2HF3O2/c1-2-19-13-17-12-18(10-16(17)11-20-14-17)9-8-15-6-4-3-5-7-15;3-2(4,5)1(6)7/h3-7,16H,2,8-14H2,1H3;(H,6,7)/t16-,17-;/m1./s1. The summed E-state index contributed by atoms with van der Waals surface area (Å²) in [7, 11) is 0. The molecule has 152 valence electrons. The van der Waals surface area contributed by atoms with Gasteiger partial charge in [-0.3, -0.25) is 0 Å². The van der Waals surface area contributed by atoms with Crippen LogP contribution in [0.4, 0.5) is 13.2 Å². The monoisotopic (exact) mass is 389 g/mol. The van der Waals surface area contributed by atoms with Gasteiger partial charge in [-0.25, -0.2) is 4.79 Å². The maximum atomic E-state index is 10.6. The number of likely N-dealkylation sites (tertiary alicyclic amines) is 1. The molecule has 1 aromatic rings. The van der Waals surface area contributed by atoms with Gasteiger partial charge < -0.3 is 19.5 Å². The van der Waals surface area contributed by atoms with Crippen molar-refractivity contribution in [1.29, 1.82) is 0 Å². The van der Waals surface area contributed by atoms with Gasteiger partial charge in [0, 0.05) is 37.6 Å². The number of fused-ring (bicyclic) bond motifs is 1. The van der Waals surface area contributed by atoms with E-state index in [0.717, 1.165) is 45.9 Å². The molecule has 0 spiro atoms. The first kappa shape index (κ1) is 21.7. The molecule has 2 aliphatic rings. The molecule has 0 bridgehead atoms. The zero-order valence-corrected chi connectivity index (χ0v) is 15.4. The second kappa shape index (κ2) is 9.52. The molecule has 3 rings (SSSR count). The van der Waals surface area contributed by atoms with E-state index in [-0.39, 0.29) is 5.41 Å². The molecule has 2 saturated heterocycles. The number of rotatable bonds is 6. The Labute approximate surface area is 157 Å². The van der Waals surface area contributed by atoms with Crippen LogP contribution in [0.5, 0.6) is 0 Å². The molecule has 27 heavy (non-hydrogen) atoms. The highest BCUT2D eigenvalue weighted by atomic mass is 19.4. The molecule has 2 aliphatic heterocycles. The van der Waals surface area contributed by atoms with Crippen molar-refractivity contribution in [3.05, 3.63) is 35.9 Å². The summed E-state index contributed by atoms with van der Waals surface area (Å²) in [4.78, 5) is 11.5. The van der Waals surface area contributed by atoms with Crippen LogP contribution < -0.4 is 0 Å². The Morgan fingerprint density at radius 2 is 2.04 bits per heavy atom. The zero-order valence-electron chi connectivity index (χ0n) is 15.4. The summed E-state index contributed by atoms with van der Waals surface area (Å²) >= 11 is 0. The molecule has 0 radical (unpaired) electrons. The van der Waals surface area contributed by atoms with E-state index in [1.165, 1.54) is 12.1 Å². The highest BCUT2D eigenvalue weighted by Crippen LogP contribution is 2.41. The molecular formula is C19H26F3NO4. The quantitative estimate of drug-likeness (QED) is 0.811. The van der Waals surface area contributed by atoms with Gasteiger partial charge in [-0.1, -0.05) is 30.3 Å². The number of nitrogens with zero attached hydrogens (tertiary/aromatic N) is 1. The van der Waals surface area contributed by atoms with E-state index in [4.69, 9.17) is 19.4 Å². The summed E-state index contributed by atoms with van der Waals surface area (Å²) in [6, 6.07) is 10.8. The first-order chi connectivity index (χ1) is 12.8. The summed E-state index contributed by atoms with van der Waals surface area (Å²) in [6.45, 7) is 8.96. The van der Waals surface area contributed by atoms with Crippen molar-refractivity contribution in [3.63, 3.8) is 0 Å². The lowest BCUT2D eigenvalue weighted by Crippen LogP contribution is -2.36. The predicted octanol–water partition coefficient (Wildman–Crippen LogP) is 2.85. The fraction of sp³-hybridized carbons (Fsp3) is 0.632. The first-order valence-electron chi connectivity index (χ1n) is 8.99. The van der Waals surface area contributed by atoms with Crippen molar-refractivity contribution in [2.24, 2.45) is 11.3 Å². The van der Waals surface area contributed by atoms with Crippen LogP contribution in [0.1, 0.15) is 12.5 Å². The second-order valence-electron chi connectivity index (χ2n) is 6.99. The Balaban J connectivity index is 0.000000321. The van der Waals surface area contributed by atoms with E-state index >= 15 is 0 Å². The lowest BCUT2D eigenvalue weighted by molar-refractivity contribution is -0.192. The van der Waals surface area contributed by atoms with Crippen LogP contribution in [0, 0.1) is 11.3 Å². The van der Waals surface area contributed by atoms with Gasteiger partial charge in [0.15, 0.2) is 0 Å². The number of carbonyl (C=O) groups is 1. The average molecular weight is 389 g/mol. The van der Waals surface area contributed by atoms with Crippen LogP contribution in [0.2, 0.25) is 0 Å². The lowest BCUT2D eigenvalue weighted by atomic mass is 9.82. The minimum Gasteiger partial charge on any atom is -0.475 e. The topological polar surface area (TPSA) is 59.0 Å². The fourth-order valence-electron chi connectivity index (χ4n) is 3.55. The molecule has 0 aromatic heterocycles. The molecule has 0 unspecified atom stereocenters. The molecule has 1 aromatic carbocycles. The first-order valence-corrected chi connectivity index (χ1v) is 8.99. The molecule has 1 N–H and O–H groups in total. The van der Waals surface area contributed by atoms with Crippen molar-refractivity contribution < 1.29 is 32.5 Å². The van der Waals surface area contributed by atoms with Gasteiger partial charge in [-0.05, 0) is 18.9 Å². The maximum absolute atomic E-state index is 10.6. The van der Waals surface area contributed by atoms with Crippen LogP contribution in [-0.2, 0) is 20.7 Å². The van der Waals surface area contributed by atoms with E-state index in [2.05, 4.69) is 42.2 Å². The Morgan fingerprint density at radius 3 is 2.63 bits per heavy atom. The number of hydrogen-bond donors (Lipinski definition) is 1. The third-order valence-electron chi connectivity index (χ3n) is 4.99. The van der Waals surface area contributed by atoms with Gasteiger partial charge >= 0.3 is 12.1 Å². The van der Waals surface area contributed by atoms with Crippen LogP contribution in [0.3, 0.4) is 0 Å². The number of hydrogen-bond acceptors (Lipinski definition) is 4. The van der Waals surface area contributed by atoms with Crippen molar-refractivity contribution in [2.75, 3.05) is 46.1 Å². The van der Waals surface area contributed by atoms with Crippen molar-refractivity contribution in [3.8, 4) is 0 Å². The van der Waals surface area contributed by atoms with E-state index in [9.17, 15) is 13.2 Å². The normalized spacial score (nSPS) is 25.0. The largest absolute Gasteiger partial charge is 0.490 e. The van der Waals surface area contributed by atoms with Gasteiger partial charge in [0.1, 0.15) is 0 Å². The second-order valence-corrected chi connectivity index (χ2v) is 6.99. The molecule has 8 heteroatoms. The Hall–Kier alpha value is -1.64. The number of ether oxygens (including phenoxy) is 2.